The van der Waals surface area contributed by atoms with E-state index in [1.165, 1.54) is 16.7 Å². The van der Waals surface area contributed by atoms with Crippen molar-refractivity contribution in [2.24, 2.45) is 0 Å². The third-order valence-electron chi connectivity index (χ3n) is 7.54. The van der Waals surface area contributed by atoms with Crippen molar-refractivity contribution in [1.82, 2.24) is 15.5 Å². The molecule has 0 N–H and O–H groups in total. The molecular weight excluding hydrogens is 438 g/mol. The molecule has 0 fully saturated rings. The summed E-state index contributed by atoms with van der Waals surface area (Å²) in [5.41, 5.74) is 6.51. The van der Waals surface area contributed by atoms with Gasteiger partial charge in [0, 0.05) is 33.9 Å². The second-order valence-corrected chi connectivity index (χ2v) is 13.1. The highest BCUT2D eigenvalue weighted by molar-refractivity contribution is 5.31. The van der Waals surface area contributed by atoms with Crippen molar-refractivity contribution < 1.29 is 13.6 Å². The van der Waals surface area contributed by atoms with Crippen LogP contribution < -0.4 is 0 Å². The standard InChI is InChI=1S/C29H45N3O3/c1-18(2)21-15-33-32-26(21)29(10,11)14-20(4)25-23(17-35-31-25)28(8,9)13-12-19(3)24-22(16-34-30-24)27(5,6)7/h15-20H,12-14H2,1-11H3. The number of nitrogens with zero attached hydrogens (tertiary/aromatic N) is 3. The van der Waals surface area contributed by atoms with Crippen LogP contribution in [-0.2, 0) is 16.2 Å². The monoisotopic (exact) mass is 483 g/mol. The van der Waals surface area contributed by atoms with Gasteiger partial charge in [-0.25, -0.2) is 0 Å². The first-order chi connectivity index (χ1) is 16.1. The van der Waals surface area contributed by atoms with E-state index in [4.69, 9.17) is 13.6 Å². The Morgan fingerprint density at radius 1 is 0.686 bits per heavy atom. The Bertz CT molecular complexity index is 1090. The summed E-state index contributed by atoms with van der Waals surface area (Å²) < 4.78 is 16.3. The molecule has 3 aromatic rings. The fourth-order valence-electron chi connectivity index (χ4n) is 5.24. The zero-order valence-electron chi connectivity index (χ0n) is 23.7. The van der Waals surface area contributed by atoms with Crippen LogP contribution in [0.15, 0.2) is 32.4 Å². The molecule has 0 aliphatic heterocycles. The molecule has 0 aliphatic rings. The molecule has 0 bridgehead atoms. The van der Waals surface area contributed by atoms with Gasteiger partial charge in [0.2, 0.25) is 0 Å². The minimum absolute atomic E-state index is 0.0161. The molecule has 194 valence electrons. The summed E-state index contributed by atoms with van der Waals surface area (Å²) in [6.07, 6.45) is 8.34. The normalized spacial score (nSPS) is 15.1. The van der Waals surface area contributed by atoms with E-state index in [0.717, 1.165) is 36.3 Å². The molecule has 0 spiro atoms. The summed E-state index contributed by atoms with van der Waals surface area (Å²) in [6.45, 7) is 24.5. The summed E-state index contributed by atoms with van der Waals surface area (Å²) in [6, 6.07) is 0. The molecule has 35 heavy (non-hydrogen) atoms. The third kappa shape index (κ3) is 5.90. The number of hydrogen-bond donors (Lipinski definition) is 0. The lowest BCUT2D eigenvalue weighted by Gasteiger charge is -2.30. The van der Waals surface area contributed by atoms with Crippen molar-refractivity contribution in [2.75, 3.05) is 0 Å². The van der Waals surface area contributed by atoms with Crippen LogP contribution in [0.2, 0.25) is 0 Å². The van der Waals surface area contributed by atoms with Crippen LogP contribution in [-0.4, -0.2) is 15.5 Å². The summed E-state index contributed by atoms with van der Waals surface area (Å²) in [4.78, 5) is 0. The largest absolute Gasteiger partial charge is 0.364 e. The number of aromatic nitrogens is 3. The highest BCUT2D eigenvalue weighted by Crippen LogP contribution is 2.42. The Kier molecular flexibility index (Phi) is 7.73. The van der Waals surface area contributed by atoms with Gasteiger partial charge in [0.15, 0.2) is 0 Å². The Labute approximate surface area is 211 Å². The molecular formula is C29H45N3O3. The molecule has 2 unspecified atom stereocenters. The van der Waals surface area contributed by atoms with Crippen LogP contribution in [0.5, 0.6) is 0 Å². The molecule has 6 nitrogen and oxygen atoms in total. The summed E-state index contributed by atoms with van der Waals surface area (Å²) >= 11 is 0. The second-order valence-electron chi connectivity index (χ2n) is 13.1. The number of hydrogen-bond acceptors (Lipinski definition) is 6. The van der Waals surface area contributed by atoms with Gasteiger partial charge in [-0.05, 0) is 36.0 Å². The summed E-state index contributed by atoms with van der Waals surface area (Å²) in [7, 11) is 0. The maximum atomic E-state index is 5.55. The average molecular weight is 484 g/mol. The van der Waals surface area contributed by atoms with Crippen molar-refractivity contribution >= 4 is 0 Å². The molecule has 0 radical (unpaired) electrons. The van der Waals surface area contributed by atoms with Gasteiger partial charge < -0.3 is 13.6 Å². The average Bonchev–Trinajstić information content (AvgIpc) is 3.51. The highest BCUT2D eigenvalue weighted by atomic mass is 16.5. The minimum Gasteiger partial charge on any atom is -0.364 e. The molecule has 3 aromatic heterocycles. The molecule has 6 heteroatoms. The Hall–Kier alpha value is -2.37. The first-order valence-corrected chi connectivity index (χ1v) is 13.0. The Balaban J connectivity index is 1.75. The molecule has 3 rings (SSSR count). The van der Waals surface area contributed by atoms with Gasteiger partial charge in [-0.3, -0.25) is 0 Å². The second kappa shape index (κ2) is 9.94. The van der Waals surface area contributed by atoms with E-state index in [1.54, 1.807) is 12.5 Å². The third-order valence-corrected chi connectivity index (χ3v) is 7.54. The predicted molar refractivity (Wildman–Crippen MR) is 139 cm³/mol. The SMILES string of the molecule is CC(C)c1conc1C(C)(C)CC(C)c1nocc1C(C)(C)CCC(C)c1nocc1C(C)(C)C. The molecule has 0 saturated heterocycles. The zero-order valence-corrected chi connectivity index (χ0v) is 23.7. The minimum atomic E-state index is -0.142. The molecule has 0 aromatic carbocycles. The highest BCUT2D eigenvalue weighted by Gasteiger charge is 2.35. The Morgan fingerprint density at radius 3 is 1.80 bits per heavy atom. The van der Waals surface area contributed by atoms with Gasteiger partial charge in [0.05, 0.1) is 17.1 Å². The van der Waals surface area contributed by atoms with E-state index in [1.807, 2.05) is 6.26 Å². The van der Waals surface area contributed by atoms with Gasteiger partial charge >= 0.3 is 0 Å². The predicted octanol–water partition coefficient (Wildman–Crippen LogP) is 8.40. The van der Waals surface area contributed by atoms with Crippen molar-refractivity contribution in [3.05, 3.63) is 52.6 Å². The van der Waals surface area contributed by atoms with Crippen LogP contribution in [0.3, 0.4) is 0 Å². The molecule has 0 saturated carbocycles. The van der Waals surface area contributed by atoms with E-state index < -0.39 is 0 Å². The van der Waals surface area contributed by atoms with Crippen molar-refractivity contribution in [2.45, 2.75) is 129 Å². The van der Waals surface area contributed by atoms with Gasteiger partial charge in [0.1, 0.15) is 18.8 Å². The topological polar surface area (TPSA) is 78.1 Å². The van der Waals surface area contributed by atoms with Crippen molar-refractivity contribution in [1.29, 1.82) is 0 Å². The first kappa shape index (κ1) is 27.2. The van der Waals surface area contributed by atoms with E-state index in [0.29, 0.717) is 11.8 Å². The lowest BCUT2D eigenvalue weighted by Crippen LogP contribution is -2.25. The quantitative estimate of drug-likeness (QED) is 0.288. The van der Waals surface area contributed by atoms with Crippen LogP contribution in [0.4, 0.5) is 0 Å². The van der Waals surface area contributed by atoms with Crippen LogP contribution >= 0.6 is 0 Å². The van der Waals surface area contributed by atoms with Gasteiger partial charge in [-0.2, -0.15) is 0 Å². The fraction of sp³-hybridized carbons (Fsp3) is 0.690. The lowest BCUT2D eigenvalue weighted by atomic mass is 9.73. The summed E-state index contributed by atoms with van der Waals surface area (Å²) in [5, 5.41) is 13.2. The van der Waals surface area contributed by atoms with Crippen molar-refractivity contribution in [3.63, 3.8) is 0 Å². The molecule has 0 aliphatic carbocycles. The molecule has 2 atom stereocenters. The fourth-order valence-corrected chi connectivity index (χ4v) is 5.24. The lowest BCUT2D eigenvalue weighted by molar-refractivity contribution is 0.354. The van der Waals surface area contributed by atoms with E-state index in [9.17, 15) is 0 Å². The van der Waals surface area contributed by atoms with Gasteiger partial charge in [-0.1, -0.05) is 91.6 Å². The van der Waals surface area contributed by atoms with E-state index >= 15 is 0 Å². The molecule has 0 amide bonds. The first-order valence-electron chi connectivity index (χ1n) is 13.0. The van der Waals surface area contributed by atoms with E-state index in [-0.39, 0.29) is 22.2 Å². The van der Waals surface area contributed by atoms with Crippen LogP contribution in [0.1, 0.15) is 147 Å². The van der Waals surface area contributed by atoms with Crippen molar-refractivity contribution in [3.8, 4) is 0 Å². The number of rotatable bonds is 10. The Morgan fingerprint density at radius 2 is 1.23 bits per heavy atom. The smallest absolute Gasteiger partial charge is 0.127 e. The van der Waals surface area contributed by atoms with Crippen LogP contribution in [0.25, 0.3) is 0 Å². The van der Waals surface area contributed by atoms with E-state index in [2.05, 4.69) is 91.6 Å². The van der Waals surface area contributed by atoms with Gasteiger partial charge in [0.25, 0.3) is 0 Å². The van der Waals surface area contributed by atoms with Crippen LogP contribution in [0, 0.1) is 0 Å². The molecule has 3 heterocycles. The maximum absolute atomic E-state index is 5.55. The zero-order chi connectivity index (χ0) is 26.2. The maximum Gasteiger partial charge on any atom is 0.127 e. The van der Waals surface area contributed by atoms with Gasteiger partial charge in [-0.15, -0.1) is 0 Å². The summed E-state index contributed by atoms with van der Waals surface area (Å²) in [5.74, 6) is 0.900.